The zero-order valence-electron chi connectivity index (χ0n) is 18.3. The van der Waals surface area contributed by atoms with Crippen LogP contribution >= 0.6 is 0 Å². The number of nitrogens with one attached hydrogen (secondary N) is 2. The van der Waals surface area contributed by atoms with Gasteiger partial charge in [-0.25, -0.2) is 4.79 Å². The van der Waals surface area contributed by atoms with Crippen molar-refractivity contribution in [1.29, 1.82) is 0 Å². The van der Waals surface area contributed by atoms with Crippen LogP contribution < -0.4 is 15.5 Å². The van der Waals surface area contributed by atoms with Crippen LogP contribution in [0.1, 0.15) is 60.3 Å². The van der Waals surface area contributed by atoms with E-state index in [0.717, 1.165) is 24.9 Å². The first-order chi connectivity index (χ1) is 13.4. The van der Waals surface area contributed by atoms with E-state index in [9.17, 15) is 14.4 Å². The van der Waals surface area contributed by atoms with E-state index in [2.05, 4.69) is 10.6 Å². The minimum absolute atomic E-state index is 0.0624. The lowest BCUT2D eigenvalue weighted by molar-refractivity contribution is -0.127. The summed E-state index contributed by atoms with van der Waals surface area (Å²) in [5, 5.41) is 5.87. The Hall–Kier alpha value is -2.57. The Morgan fingerprint density at radius 3 is 2.31 bits per heavy atom. The number of rotatable bonds is 4. The molecular weight excluding hydrogens is 370 g/mol. The van der Waals surface area contributed by atoms with E-state index in [1.807, 2.05) is 27.7 Å². The van der Waals surface area contributed by atoms with Crippen molar-refractivity contribution < 1.29 is 19.1 Å². The number of ether oxygens (including phenoxy) is 1. The van der Waals surface area contributed by atoms with Crippen LogP contribution in [0.4, 0.5) is 16.2 Å². The third-order valence-electron chi connectivity index (χ3n) is 5.40. The Labute approximate surface area is 173 Å². The number of benzene rings is 1. The van der Waals surface area contributed by atoms with E-state index in [-0.39, 0.29) is 17.9 Å². The molecule has 160 valence electrons. The summed E-state index contributed by atoms with van der Waals surface area (Å²) < 4.78 is 5.37. The normalized spacial score (nSPS) is 21.8. The largest absolute Gasteiger partial charge is 0.444 e. The lowest BCUT2D eigenvalue weighted by Crippen LogP contribution is -2.54. The van der Waals surface area contributed by atoms with Crippen LogP contribution in [0, 0.1) is 5.41 Å². The molecule has 1 aliphatic rings. The van der Waals surface area contributed by atoms with Crippen LogP contribution in [-0.4, -0.2) is 36.6 Å². The number of amides is 3. The third kappa shape index (κ3) is 5.95. The van der Waals surface area contributed by atoms with Crippen molar-refractivity contribution in [2.24, 2.45) is 5.41 Å². The summed E-state index contributed by atoms with van der Waals surface area (Å²) in [6, 6.07) is 6.83. The molecule has 7 nitrogen and oxygen atoms in total. The highest BCUT2D eigenvalue weighted by Crippen LogP contribution is 2.37. The number of anilines is 2. The summed E-state index contributed by atoms with van der Waals surface area (Å²) in [7, 11) is 1.70. The Kier molecular flexibility index (Phi) is 6.93. The van der Waals surface area contributed by atoms with Gasteiger partial charge in [-0.3, -0.25) is 9.59 Å². The smallest absolute Gasteiger partial charge is 0.407 e. The minimum Gasteiger partial charge on any atom is -0.444 e. The number of alkyl carbamates (subject to hydrolysis) is 1. The van der Waals surface area contributed by atoms with Crippen molar-refractivity contribution >= 4 is 29.3 Å². The highest BCUT2D eigenvalue weighted by Gasteiger charge is 2.44. The first-order valence-corrected chi connectivity index (χ1v) is 10.1. The van der Waals surface area contributed by atoms with E-state index in [0.29, 0.717) is 12.1 Å². The fraction of sp³-hybridized carbons (Fsp3) is 0.591. The minimum atomic E-state index is -0.732. The summed E-state index contributed by atoms with van der Waals surface area (Å²) in [4.78, 5) is 38.4. The van der Waals surface area contributed by atoms with Gasteiger partial charge in [0, 0.05) is 31.4 Å². The zero-order chi connectivity index (χ0) is 21.8. The van der Waals surface area contributed by atoms with Crippen LogP contribution in [0.5, 0.6) is 0 Å². The second kappa shape index (κ2) is 8.84. The summed E-state index contributed by atoms with van der Waals surface area (Å²) in [6.45, 7) is 8.82. The summed E-state index contributed by atoms with van der Waals surface area (Å²) in [5.74, 6) is -0.196. The Morgan fingerprint density at radius 1 is 1.14 bits per heavy atom. The van der Waals surface area contributed by atoms with Crippen LogP contribution in [0.25, 0.3) is 0 Å². The van der Waals surface area contributed by atoms with Gasteiger partial charge in [-0.15, -0.1) is 0 Å². The SMILES string of the molecule is CC(=O)N(C)c1ccc(NC(=O)[C@]2(C)CCCC[C@@H]2NC(=O)OC(C)(C)C)cc1. The fourth-order valence-electron chi connectivity index (χ4n) is 3.51. The molecule has 0 radical (unpaired) electrons. The van der Waals surface area contributed by atoms with Crippen molar-refractivity contribution in [3.63, 3.8) is 0 Å². The van der Waals surface area contributed by atoms with Crippen LogP contribution in [0.15, 0.2) is 24.3 Å². The van der Waals surface area contributed by atoms with Gasteiger partial charge < -0.3 is 20.3 Å². The first kappa shape index (κ1) is 22.7. The molecule has 1 fully saturated rings. The summed E-state index contributed by atoms with van der Waals surface area (Å²) >= 11 is 0. The van der Waals surface area contributed by atoms with E-state index in [1.165, 1.54) is 11.8 Å². The summed E-state index contributed by atoms with van der Waals surface area (Å²) in [5.41, 5.74) is 0.0817. The van der Waals surface area contributed by atoms with Crippen molar-refractivity contribution in [3.8, 4) is 0 Å². The van der Waals surface area contributed by atoms with E-state index < -0.39 is 17.1 Å². The topological polar surface area (TPSA) is 87.7 Å². The molecule has 7 heteroatoms. The maximum absolute atomic E-state index is 13.1. The standard InChI is InChI=1S/C22H33N3O4/c1-15(26)25(6)17-12-10-16(11-13-17)23-19(27)22(5)14-8-7-9-18(22)24-20(28)29-21(2,3)4/h10-13,18H,7-9,14H2,1-6H3,(H,23,27)(H,24,28)/t18-,22+/m0/s1. The molecule has 1 aromatic rings. The van der Waals surface area contributed by atoms with E-state index in [1.54, 1.807) is 31.3 Å². The number of carbonyl (C=O) groups excluding carboxylic acids is 3. The molecule has 0 aliphatic heterocycles. The lowest BCUT2D eigenvalue weighted by Gasteiger charge is -2.40. The third-order valence-corrected chi connectivity index (χ3v) is 5.40. The van der Waals surface area contributed by atoms with Crippen molar-refractivity contribution in [2.45, 2.75) is 71.9 Å². The molecule has 0 spiro atoms. The average Bonchev–Trinajstić information content (AvgIpc) is 2.62. The van der Waals surface area contributed by atoms with Gasteiger partial charge in [0.2, 0.25) is 11.8 Å². The number of hydrogen-bond acceptors (Lipinski definition) is 4. The van der Waals surface area contributed by atoms with Crippen LogP contribution in [-0.2, 0) is 14.3 Å². The maximum atomic E-state index is 13.1. The molecule has 1 aliphatic carbocycles. The highest BCUT2D eigenvalue weighted by atomic mass is 16.6. The fourth-order valence-corrected chi connectivity index (χ4v) is 3.51. The Morgan fingerprint density at radius 2 is 1.76 bits per heavy atom. The van der Waals surface area contributed by atoms with Gasteiger partial charge in [-0.1, -0.05) is 12.8 Å². The lowest BCUT2D eigenvalue weighted by atomic mass is 9.71. The molecule has 2 N–H and O–H groups in total. The van der Waals surface area contributed by atoms with Gasteiger partial charge in [0.05, 0.1) is 5.41 Å². The Bertz CT molecular complexity index is 754. The number of carbonyl (C=O) groups is 3. The Balaban J connectivity index is 2.09. The molecule has 0 unspecified atom stereocenters. The monoisotopic (exact) mass is 403 g/mol. The van der Waals surface area contributed by atoms with Crippen molar-refractivity contribution in [2.75, 3.05) is 17.3 Å². The maximum Gasteiger partial charge on any atom is 0.407 e. The predicted molar refractivity (Wildman–Crippen MR) is 114 cm³/mol. The van der Waals surface area contributed by atoms with E-state index in [4.69, 9.17) is 4.74 Å². The van der Waals surface area contributed by atoms with Crippen molar-refractivity contribution in [3.05, 3.63) is 24.3 Å². The second-order valence-electron chi connectivity index (χ2n) is 8.94. The van der Waals surface area contributed by atoms with Crippen molar-refractivity contribution in [1.82, 2.24) is 5.32 Å². The number of nitrogens with zero attached hydrogens (tertiary/aromatic N) is 1. The second-order valence-corrected chi connectivity index (χ2v) is 8.94. The van der Waals surface area contributed by atoms with E-state index >= 15 is 0 Å². The average molecular weight is 404 g/mol. The quantitative estimate of drug-likeness (QED) is 0.793. The molecule has 1 aromatic carbocycles. The predicted octanol–water partition coefficient (Wildman–Crippen LogP) is 4.08. The first-order valence-electron chi connectivity index (χ1n) is 10.1. The molecule has 2 rings (SSSR count). The molecule has 0 heterocycles. The molecule has 0 bridgehead atoms. The molecule has 0 aromatic heterocycles. The van der Waals surface area contributed by atoms with Gasteiger partial charge in [-0.2, -0.15) is 0 Å². The van der Waals surface area contributed by atoms with Gasteiger partial charge in [0.1, 0.15) is 5.60 Å². The van der Waals surface area contributed by atoms with Gasteiger partial charge in [-0.05, 0) is 64.8 Å². The van der Waals surface area contributed by atoms with Crippen LogP contribution in [0.3, 0.4) is 0 Å². The highest BCUT2D eigenvalue weighted by molar-refractivity contribution is 5.96. The molecule has 3 amide bonds. The van der Waals surface area contributed by atoms with Gasteiger partial charge in [0.25, 0.3) is 0 Å². The number of hydrogen-bond donors (Lipinski definition) is 2. The molecule has 0 saturated heterocycles. The molecule has 2 atom stereocenters. The molecule has 1 saturated carbocycles. The summed E-state index contributed by atoms with van der Waals surface area (Å²) in [6.07, 6.45) is 2.80. The van der Waals surface area contributed by atoms with Crippen LogP contribution in [0.2, 0.25) is 0 Å². The van der Waals surface area contributed by atoms with Gasteiger partial charge >= 0.3 is 6.09 Å². The van der Waals surface area contributed by atoms with Gasteiger partial charge in [0.15, 0.2) is 0 Å². The molecular formula is C22H33N3O4. The zero-order valence-corrected chi connectivity index (χ0v) is 18.3. The molecule has 29 heavy (non-hydrogen) atoms.